The van der Waals surface area contributed by atoms with E-state index in [1.807, 2.05) is 6.07 Å². The maximum Gasteiger partial charge on any atom is 0.246 e. The number of anilines is 3. The normalized spacial score (nSPS) is 17.6. The van der Waals surface area contributed by atoms with Crippen LogP contribution in [-0.2, 0) is 4.74 Å². The molecular formula is C21H21F3N6O. The third-order valence-electron chi connectivity index (χ3n) is 5.56. The van der Waals surface area contributed by atoms with Crippen LogP contribution in [0.15, 0.2) is 42.7 Å². The van der Waals surface area contributed by atoms with Crippen LogP contribution in [0, 0.1) is 17.5 Å². The fourth-order valence-electron chi connectivity index (χ4n) is 3.85. The van der Waals surface area contributed by atoms with E-state index in [1.54, 1.807) is 0 Å². The van der Waals surface area contributed by atoms with Crippen molar-refractivity contribution in [3.05, 3.63) is 60.2 Å². The van der Waals surface area contributed by atoms with E-state index < -0.39 is 11.6 Å². The number of nitrogens with one attached hydrogen (secondary N) is 1. The molecule has 3 heterocycles. The SMILES string of the molecule is Fc1cc(Nc2ncn(-c3cc(F)cc(F)c3)n2)cc(N2CCN(C3COC3)CC2)c1. The molecule has 0 spiro atoms. The van der Waals surface area contributed by atoms with Crippen LogP contribution < -0.4 is 10.2 Å². The van der Waals surface area contributed by atoms with Crippen LogP contribution in [0.25, 0.3) is 5.69 Å². The number of hydrogen-bond donors (Lipinski definition) is 1. The number of benzene rings is 2. The lowest BCUT2D eigenvalue weighted by Gasteiger charge is -2.43. The average molecular weight is 430 g/mol. The maximum atomic E-state index is 14.3. The monoisotopic (exact) mass is 430 g/mol. The van der Waals surface area contributed by atoms with E-state index >= 15 is 0 Å². The first-order valence-corrected chi connectivity index (χ1v) is 10.1. The number of rotatable bonds is 5. The Morgan fingerprint density at radius 1 is 0.839 bits per heavy atom. The third kappa shape index (κ3) is 4.35. The van der Waals surface area contributed by atoms with Gasteiger partial charge in [-0.2, -0.15) is 4.98 Å². The average Bonchev–Trinajstić information content (AvgIpc) is 3.14. The van der Waals surface area contributed by atoms with Gasteiger partial charge in [0.25, 0.3) is 0 Å². The quantitative estimate of drug-likeness (QED) is 0.672. The van der Waals surface area contributed by atoms with Crippen LogP contribution in [0.2, 0.25) is 0 Å². The Kier molecular flexibility index (Phi) is 5.24. The molecule has 162 valence electrons. The lowest BCUT2D eigenvalue weighted by atomic mass is 10.1. The van der Waals surface area contributed by atoms with E-state index in [0.717, 1.165) is 63.3 Å². The van der Waals surface area contributed by atoms with Gasteiger partial charge in [-0.25, -0.2) is 17.9 Å². The predicted molar refractivity (Wildman–Crippen MR) is 109 cm³/mol. The summed E-state index contributed by atoms with van der Waals surface area (Å²) in [4.78, 5) is 8.66. The Morgan fingerprint density at radius 2 is 1.52 bits per heavy atom. The standard InChI is InChI=1S/C21H21F3N6O/c22-14-5-15(23)9-19(8-14)30-13-25-21(27-30)26-17-6-16(24)7-18(10-17)28-1-3-29(4-2-28)20-11-31-12-20/h5-10,13,20H,1-4,11-12H2,(H,26,27). The summed E-state index contributed by atoms with van der Waals surface area (Å²) in [5.41, 5.74) is 1.47. The minimum absolute atomic E-state index is 0.191. The highest BCUT2D eigenvalue weighted by molar-refractivity contribution is 5.62. The maximum absolute atomic E-state index is 14.3. The summed E-state index contributed by atoms with van der Waals surface area (Å²) in [5, 5.41) is 7.15. The summed E-state index contributed by atoms with van der Waals surface area (Å²) >= 11 is 0. The number of aromatic nitrogens is 3. The van der Waals surface area contributed by atoms with E-state index in [0.29, 0.717) is 11.7 Å². The van der Waals surface area contributed by atoms with Gasteiger partial charge in [-0.05, 0) is 30.3 Å². The Bertz CT molecular complexity index is 1060. The molecule has 31 heavy (non-hydrogen) atoms. The van der Waals surface area contributed by atoms with Gasteiger partial charge < -0.3 is 15.0 Å². The zero-order chi connectivity index (χ0) is 21.4. The first-order valence-electron chi connectivity index (χ1n) is 10.1. The van der Waals surface area contributed by atoms with Gasteiger partial charge in [-0.15, -0.1) is 5.10 Å². The van der Waals surface area contributed by atoms with E-state index in [2.05, 4.69) is 25.2 Å². The number of piperazine rings is 1. The molecule has 3 aromatic rings. The van der Waals surface area contributed by atoms with Crippen molar-refractivity contribution in [2.45, 2.75) is 6.04 Å². The molecule has 0 unspecified atom stereocenters. The van der Waals surface area contributed by atoms with Crippen molar-refractivity contribution in [2.75, 3.05) is 49.6 Å². The van der Waals surface area contributed by atoms with E-state index in [-0.39, 0.29) is 17.5 Å². The molecule has 2 aromatic carbocycles. The van der Waals surface area contributed by atoms with Gasteiger partial charge in [0, 0.05) is 43.6 Å². The van der Waals surface area contributed by atoms with E-state index in [4.69, 9.17) is 4.74 Å². The Labute approximate surface area is 177 Å². The predicted octanol–water partition coefficient (Wildman–Crippen LogP) is 2.95. The van der Waals surface area contributed by atoms with Crippen molar-refractivity contribution >= 4 is 17.3 Å². The molecule has 2 aliphatic rings. The molecule has 7 nitrogen and oxygen atoms in total. The molecule has 5 rings (SSSR count). The highest BCUT2D eigenvalue weighted by Gasteiger charge is 2.29. The largest absolute Gasteiger partial charge is 0.378 e. The Morgan fingerprint density at radius 3 is 2.19 bits per heavy atom. The topological polar surface area (TPSA) is 58.5 Å². The summed E-state index contributed by atoms with van der Waals surface area (Å²) < 4.78 is 47.7. The third-order valence-corrected chi connectivity index (χ3v) is 5.56. The fourth-order valence-corrected chi connectivity index (χ4v) is 3.85. The number of halogens is 3. The minimum Gasteiger partial charge on any atom is -0.378 e. The van der Waals surface area contributed by atoms with Crippen LogP contribution in [0.3, 0.4) is 0 Å². The molecule has 1 N–H and O–H groups in total. The molecular weight excluding hydrogens is 409 g/mol. The molecule has 0 radical (unpaired) electrons. The van der Waals surface area contributed by atoms with E-state index in [1.165, 1.54) is 23.1 Å². The summed E-state index contributed by atoms with van der Waals surface area (Å²) in [7, 11) is 0. The smallest absolute Gasteiger partial charge is 0.246 e. The van der Waals surface area contributed by atoms with Gasteiger partial charge in [-0.3, -0.25) is 4.90 Å². The van der Waals surface area contributed by atoms with Crippen LogP contribution >= 0.6 is 0 Å². The molecule has 1 aromatic heterocycles. The molecule has 0 aliphatic carbocycles. The lowest BCUT2D eigenvalue weighted by molar-refractivity contribution is -0.0660. The second-order valence-electron chi connectivity index (χ2n) is 7.68. The zero-order valence-electron chi connectivity index (χ0n) is 16.6. The minimum atomic E-state index is -0.709. The lowest BCUT2D eigenvalue weighted by Crippen LogP contribution is -2.56. The Balaban J connectivity index is 1.29. The summed E-state index contributed by atoms with van der Waals surface area (Å²) in [6.07, 6.45) is 1.33. The van der Waals surface area contributed by atoms with Crippen molar-refractivity contribution in [2.24, 2.45) is 0 Å². The number of nitrogens with zero attached hydrogens (tertiary/aromatic N) is 5. The highest BCUT2D eigenvalue weighted by atomic mass is 19.1. The molecule has 0 saturated carbocycles. The van der Waals surface area contributed by atoms with Gasteiger partial charge in [-0.1, -0.05) is 0 Å². The second kappa shape index (κ2) is 8.20. The molecule has 0 bridgehead atoms. The molecule has 2 fully saturated rings. The Hall–Kier alpha value is -3.11. The first-order chi connectivity index (χ1) is 15.0. The molecule has 2 saturated heterocycles. The molecule has 0 amide bonds. The summed E-state index contributed by atoms with van der Waals surface area (Å²) in [5.74, 6) is -1.60. The van der Waals surface area contributed by atoms with Gasteiger partial charge in [0.05, 0.1) is 24.9 Å². The van der Waals surface area contributed by atoms with Crippen molar-refractivity contribution in [1.29, 1.82) is 0 Å². The summed E-state index contributed by atoms with van der Waals surface area (Å²) in [6, 6.07) is 8.29. The van der Waals surface area contributed by atoms with Crippen molar-refractivity contribution < 1.29 is 17.9 Å². The van der Waals surface area contributed by atoms with Crippen LogP contribution in [-0.4, -0.2) is 65.1 Å². The van der Waals surface area contributed by atoms with Crippen molar-refractivity contribution in [3.63, 3.8) is 0 Å². The first kappa shape index (κ1) is 19.8. The van der Waals surface area contributed by atoms with Gasteiger partial charge in [0.1, 0.15) is 23.8 Å². The van der Waals surface area contributed by atoms with Crippen LogP contribution in [0.5, 0.6) is 0 Å². The van der Waals surface area contributed by atoms with Gasteiger partial charge in [0.2, 0.25) is 5.95 Å². The van der Waals surface area contributed by atoms with Crippen molar-refractivity contribution in [3.8, 4) is 5.69 Å². The number of hydrogen-bond acceptors (Lipinski definition) is 6. The van der Waals surface area contributed by atoms with Gasteiger partial charge >= 0.3 is 0 Å². The van der Waals surface area contributed by atoms with Crippen LogP contribution in [0.1, 0.15) is 0 Å². The second-order valence-corrected chi connectivity index (χ2v) is 7.68. The van der Waals surface area contributed by atoms with Crippen LogP contribution in [0.4, 0.5) is 30.5 Å². The summed E-state index contributed by atoms with van der Waals surface area (Å²) in [6.45, 7) is 4.99. The fraction of sp³-hybridized carbons (Fsp3) is 0.333. The zero-order valence-corrected chi connectivity index (χ0v) is 16.6. The molecule has 10 heteroatoms. The van der Waals surface area contributed by atoms with E-state index in [9.17, 15) is 13.2 Å². The van der Waals surface area contributed by atoms with Gasteiger partial charge in [0.15, 0.2) is 0 Å². The molecule has 0 atom stereocenters. The number of ether oxygens (including phenoxy) is 1. The highest BCUT2D eigenvalue weighted by Crippen LogP contribution is 2.26. The van der Waals surface area contributed by atoms with Crippen molar-refractivity contribution in [1.82, 2.24) is 19.7 Å². The molecule has 2 aliphatic heterocycles.